The third-order valence-electron chi connectivity index (χ3n) is 8.56. The van der Waals surface area contributed by atoms with Crippen molar-refractivity contribution in [1.82, 2.24) is 0 Å². The van der Waals surface area contributed by atoms with Crippen molar-refractivity contribution in [3.05, 3.63) is 109 Å². The Morgan fingerprint density at radius 2 is 0.921 bits per heavy atom. The quantitative estimate of drug-likeness (QED) is 0.172. The Morgan fingerprint density at radius 3 is 1.79 bits per heavy atom. The fourth-order valence-corrected chi connectivity index (χ4v) is 7.02. The second-order valence-corrected chi connectivity index (χ2v) is 10.4. The van der Waals surface area contributed by atoms with E-state index in [1.807, 2.05) is 6.07 Å². The Kier molecular flexibility index (Phi) is 3.23. The molecule has 2 heteroatoms. The Bertz CT molecular complexity index is 2500. The number of rotatable bonds is 1. The summed E-state index contributed by atoms with van der Waals surface area (Å²) in [5.41, 5.74) is 8.30. The first-order chi connectivity index (χ1) is 18.8. The normalized spacial score (nSPS) is 12.7. The Morgan fingerprint density at radius 1 is 0.342 bits per heavy atom. The van der Waals surface area contributed by atoms with Crippen LogP contribution in [-0.4, -0.2) is 0 Å². The molecule has 2 aliphatic rings. The number of benzene rings is 8. The van der Waals surface area contributed by atoms with Crippen molar-refractivity contribution in [3.8, 4) is 22.3 Å². The van der Waals surface area contributed by atoms with Crippen molar-refractivity contribution < 1.29 is 8.83 Å². The van der Waals surface area contributed by atoms with Crippen LogP contribution < -0.4 is 0 Å². The van der Waals surface area contributed by atoms with E-state index in [1.54, 1.807) is 0 Å². The van der Waals surface area contributed by atoms with Crippen LogP contribution in [-0.2, 0) is 0 Å². The van der Waals surface area contributed by atoms with Crippen LogP contribution in [0.3, 0.4) is 0 Å². The minimum absolute atomic E-state index is 0.882. The van der Waals surface area contributed by atoms with Crippen LogP contribution >= 0.6 is 0 Å². The van der Waals surface area contributed by atoms with E-state index in [9.17, 15) is 0 Å². The first kappa shape index (κ1) is 19.1. The van der Waals surface area contributed by atoms with Gasteiger partial charge in [0.25, 0.3) is 0 Å². The average Bonchev–Trinajstić information content (AvgIpc) is 2.97. The van der Waals surface area contributed by atoms with Gasteiger partial charge in [-0.2, -0.15) is 0 Å². The lowest BCUT2D eigenvalue weighted by Gasteiger charge is -2.21. The van der Waals surface area contributed by atoms with Crippen molar-refractivity contribution in [3.63, 3.8) is 0 Å². The highest BCUT2D eigenvalue weighted by Crippen LogP contribution is 2.50. The van der Waals surface area contributed by atoms with Crippen LogP contribution in [0.4, 0.5) is 0 Å². The molecular formula is C36H18O2. The largest absolute Gasteiger partial charge is 0.456 e. The topological polar surface area (TPSA) is 26.3 Å². The van der Waals surface area contributed by atoms with Gasteiger partial charge >= 0.3 is 0 Å². The molecule has 0 atom stereocenters. The van der Waals surface area contributed by atoms with Gasteiger partial charge in [-0.15, -0.1) is 0 Å². The molecule has 0 N–H and O–H groups in total. The zero-order valence-corrected chi connectivity index (χ0v) is 20.2. The zero-order chi connectivity index (χ0) is 24.5. The van der Waals surface area contributed by atoms with Gasteiger partial charge in [-0.05, 0) is 90.6 Å². The molecule has 0 amide bonds. The molecule has 2 aliphatic heterocycles. The molecule has 0 unspecified atom stereocenters. The van der Waals surface area contributed by atoms with Gasteiger partial charge in [-0.3, -0.25) is 0 Å². The van der Waals surface area contributed by atoms with E-state index < -0.39 is 0 Å². The van der Waals surface area contributed by atoms with E-state index in [1.165, 1.54) is 54.2 Å². The minimum atomic E-state index is 0.882. The summed E-state index contributed by atoms with van der Waals surface area (Å²) >= 11 is 0. The molecule has 0 aromatic heterocycles. The fraction of sp³-hybridized carbons (Fsp3) is 0. The van der Waals surface area contributed by atoms with Crippen molar-refractivity contribution in [2.45, 2.75) is 0 Å². The Labute approximate surface area is 216 Å². The van der Waals surface area contributed by atoms with E-state index in [-0.39, 0.29) is 0 Å². The maximum Gasteiger partial charge on any atom is 0.136 e. The summed E-state index contributed by atoms with van der Waals surface area (Å²) in [6.45, 7) is 0. The molecule has 8 aromatic carbocycles. The van der Waals surface area contributed by atoms with Crippen molar-refractivity contribution in [1.29, 1.82) is 0 Å². The standard InChI is InChI=1S/C36H18O2/c1-4-19-10-11-20-5-2-8-24-26(18-22(7-1)31(19)32(20)24)23-13-16-28-34-25(23)14-17-30-36(34)35-29(38-28)15-12-21-6-3-9-27(37-30)33(21)35/h1-18H. The summed E-state index contributed by atoms with van der Waals surface area (Å²) < 4.78 is 13.1. The summed E-state index contributed by atoms with van der Waals surface area (Å²) in [6.07, 6.45) is 0. The van der Waals surface area contributed by atoms with E-state index in [4.69, 9.17) is 8.83 Å². The lowest BCUT2D eigenvalue weighted by Crippen LogP contribution is -1.95. The molecule has 38 heavy (non-hydrogen) atoms. The third kappa shape index (κ3) is 2.17. The van der Waals surface area contributed by atoms with Crippen LogP contribution in [0.2, 0.25) is 0 Å². The highest BCUT2D eigenvalue weighted by molar-refractivity contribution is 6.29. The first-order valence-electron chi connectivity index (χ1n) is 13.0. The molecule has 0 fully saturated rings. The second kappa shape index (κ2) is 6.42. The molecule has 0 aliphatic carbocycles. The Hall–Kier alpha value is -5.08. The van der Waals surface area contributed by atoms with E-state index in [2.05, 4.69) is 103 Å². The van der Waals surface area contributed by atoms with Gasteiger partial charge in [0.15, 0.2) is 0 Å². The highest BCUT2D eigenvalue weighted by atomic mass is 16.3. The van der Waals surface area contributed by atoms with Gasteiger partial charge in [-0.1, -0.05) is 72.8 Å². The predicted octanol–water partition coefficient (Wildman–Crippen LogP) is 10.6. The molecule has 174 valence electrons. The van der Waals surface area contributed by atoms with Crippen LogP contribution in [0.1, 0.15) is 0 Å². The second-order valence-electron chi connectivity index (χ2n) is 10.4. The van der Waals surface area contributed by atoms with Crippen LogP contribution in [0.5, 0.6) is 0 Å². The number of hydrogen-bond donors (Lipinski definition) is 0. The van der Waals surface area contributed by atoms with Crippen molar-refractivity contribution >= 4 is 76.2 Å². The first-order valence-corrected chi connectivity index (χ1v) is 13.0. The Balaban J connectivity index is 1.41. The summed E-state index contributed by atoms with van der Waals surface area (Å²) in [7, 11) is 0. The fourth-order valence-electron chi connectivity index (χ4n) is 7.02. The third-order valence-corrected chi connectivity index (χ3v) is 8.56. The van der Waals surface area contributed by atoms with Gasteiger partial charge in [0.05, 0.1) is 0 Å². The SMILES string of the molecule is c1cc2ccc3cccc4c(-c5ccc6oc7ccc8cccc9oc%10ccc5c6c%10-c7c89)cc(c1)c2c34. The molecule has 8 aromatic rings. The smallest absolute Gasteiger partial charge is 0.136 e. The molecule has 0 saturated heterocycles. The van der Waals surface area contributed by atoms with Crippen LogP contribution in [0, 0.1) is 0 Å². The van der Waals surface area contributed by atoms with Gasteiger partial charge < -0.3 is 8.83 Å². The maximum absolute atomic E-state index is 6.57. The van der Waals surface area contributed by atoms with Gasteiger partial charge in [0.1, 0.15) is 22.3 Å². The molecule has 0 spiro atoms. The molecule has 2 nitrogen and oxygen atoms in total. The van der Waals surface area contributed by atoms with Gasteiger partial charge in [0.2, 0.25) is 0 Å². The summed E-state index contributed by atoms with van der Waals surface area (Å²) in [5.74, 6) is 0. The summed E-state index contributed by atoms with van der Waals surface area (Å²) in [6, 6.07) is 39.3. The minimum Gasteiger partial charge on any atom is -0.456 e. The monoisotopic (exact) mass is 482 g/mol. The molecule has 2 heterocycles. The maximum atomic E-state index is 6.57. The molecule has 0 saturated carbocycles. The lowest BCUT2D eigenvalue weighted by molar-refractivity contribution is 0.646. The van der Waals surface area contributed by atoms with Gasteiger partial charge in [0, 0.05) is 21.9 Å². The zero-order valence-electron chi connectivity index (χ0n) is 20.2. The molecule has 10 rings (SSSR count). The number of hydrogen-bond acceptors (Lipinski definition) is 2. The molecule has 0 bridgehead atoms. The average molecular weight is 483 g/mol. The van der Waals surface area contributed by atoms with Crippen molar-refractivity contribution in [2.75, 3.05) is 0 Å². The van der Waals surface area contributed by atoms with Crippen molar-refractivity contribution in [2.24, 2.45) is 0 Å². The highest BCUT2D eigenvalue weighted by Gasteiger charge is 2.25. The van der Waals surface area contributed by atoms with Gasteiger partial charge in [-0.25, -0.2) is 0 Å². The molecular weight excluding hydrogens is 464 g/mol. The summed E-state index contributed by atoms with van der Waals surface area (Å²) in [5, 5.41) is 12.4. The molecule has 0 radical (unpaired) electrons. The summed E-state index contributed by atoms with van der Waals surface area (Å²) in [4.78, 5) is 0. The van der Waals surface area contributed by atoms with Crippen LogP contribution in [0.15, 0.2) is 118 Å². The van der Waals surface area contributed by atoms with Crippen LogP contribution in [0.25, 0.3) is 98.4 Å². The lowest BCUT2D eigenvalue weighted by atomic mass is 9.85. The predicted molar refractivity (Wildman–Crippen MR) is 158 cm³/mol. The van der Waals surface area contributed by atoms with E-state index in [0.29, 0.717) is 0 Å². The van der Waals surface area contributed by atoms with E-state index in [0.717, 1.165) is 44.2 Å². The van der Waals surface area contributed by atoms with E-state index >= 15 is 0 Å².